The Kier molecular flexibility index (Phi) is 12.2. The zero-order valence-electron chi connectivity index (χ0n) is 27.6. The molecule has 0 atom stereocenters. The summed E-state index contributed by atoms with van der Waals surface area (Å²) in [5.74, 6) is -0.00441. The molecular formula is C37H37BrN4O6S2. The maximum atomic E-state index is 13.7. The minimum absolute atomic E-state index is 0.0470. The molecule has 4 aromatic carbocycles. The summed E-state index contributed by atoms with van der Waals surface area (Å²) in [6, 6.07) is 33.2. The van der Waals surface area contributed by atoms with Crippen molar-refractivity contribution in [2.24, 2.45) is 5.10 Å². The van der Waals surface area contributed by atoms with Crippen LogP contribution in [0.25, 0.3) is 0 Å². The number of furan rings is 1. The van der Waals surface area contributed by atoms with Crippen LogP contribution in [0.4, 0.5) is 0 Å². The molecule has 0 bridgehead atoms. The van der Waals surface area contributed by atoms with Crippen molar-refractivity contribution in [2.45, 2.75) is 43.1 Å². The predicted molar refractivity (Wildman–Crippen MR) is 196 cm³/mol. The summed E-state index contributed by atoms with van der Waals surface area (Å²) in [6.45, 7) is 3.55. The van der Waals surface area contributed by atoms with E-state index < -0.39 is 32.5 Å². The summed E-state index contributed by atoms with van der Waals surface area (Å²) in [5, 5.41) is 3.97. The van der Waals surface area contributed by atoms with Gasteiger partial charge in [0, 0.05) is 17.6 Å². The van der Waals surface area contributed by atoms with Crippen molar-refractivity contribution >= 4 is 48.1 Å². The van der Waals surface area contributed by atoms with Crippen molar-refractivity contribution in [3.8, 4) is 0 Å². The second-order valence-electron chi connectivity index (χ2n) is 11.7. The number of rotatable bonds is 15. The van der Waals surface area contributed by atoms with Gasteiger partial charge in [-0.25, -0.2) is 22.3 Å². The highest BCUT2D eigenvalue weighted by atomic mass is 79.9. The van der Waals surface area contributed by atoms with Gasteiger partial charge in [-0.15, -0.1) is 0 Å². The smallest absolute Gasteiger partial charge is 0.255 e. The Hall–Kier alpha value is -4.40. The first-order valence-electron chi connectivity index (χ1n) is 15.7. The van der Waals surface area contributed by atoms with Gasteiger partial charge in [0.05, 0.1) is 29.1 Å². The van der Waals surface area contributed by atoms with E-state index in [0.29, 0.717) is 12.2 Å². The van der Waals surface area contributed by atoms with Gasteiger partial charge in [0.15, 0.2) is 0 Å². The quantitative estimate of drug-likeness (QED) is 0.0964. The van der Waals surface area contributed by atoms with E-state index in [-0.39, 0.29) is 35.2 Å². The van der Waals surface area contributed by atoms with Gasteiger partial charge in [0.25, 0.3) is 5.91 Å². The summed E-state index contributed by atoms with van der Waals surface area (Å²) in [4.78, 5) is 13.2. The average molecular weight is 778 g/mol. The van der Waals surface area contributed by atoms with E-state index in [2.05, 4.69) is 26.5 Å². The molecule has 260 valence electrons. The highest BCUT2D eigenvalue weighted by molar-refractivity contribution is 9.10. The molecule has 13 heteroatoms. The van der Waals surface area contributed by atoms with Gasteiger partial charge < -0.3 is 4.42 Å². The molecule has 10 nitrogen and oxygen atoms in total. The molecule has 0 unspecified atom stereocenters. The zero-order chi connectivity index (χ0) is 35.7. The standard InChI is InChI=1S/C37H37BrN4O6S2/c1-28-8-12-31(13-9-28)25-42(50(46,47)35-18-10-29(2)11-19-35)26-34-17-16-33(48-34)24-39-40-37(43)27-41(23-22-30-6-4-3-5-7-30)49(44,45)36-20-14-32(38)15-21-36/h3-21,24H,22-23,25-27H2,1-2H3,(H,40,43)/b39-24-. The van der Waals surface area contributed by atoms with Crippen molar-refractivity contribution in [1.82, 2.24) is 14.0 Å². The Labute approximate surface area is 301 Å². The number of hydrogen-bond acceptors (Lipinski definition) is 7. The predicted octanol–water partition coefficient (Wildman–Crippen LogP) is 6.43. The number of carbonyl (C=O) groups is 1. The van der Waals surface area contributed by atoms with E-state index in [9.17, 15) is 21.6 Å². The minimum atomic E-state index is -4.00. The third-order valence-electron chi connectivity index (χ3n) is 7.80. The molecule has 0 aliphatic carbocycles. The largest absolute Gasteiger partial charge is 0.459 e. The van der Waals surface area contributed by atoms with Gasteiger partial charge in [-0.2, -0.15) is 13.7 Å². The van der Waals surface area contributed by atoms with E-state index in [1.54, 1.807) is 48.5 Å². The van der Waals surface area contributed by atoms with Gasteiger partial charge in [-0.1, -0.05) is 93.8 Å². The summed E-state index contributed by atoms with van der Waals surface area (Å²) >= 11 is 3.32. The van der Waals surface area contributed by atoms with Gasteiger partial charge in [-0.05, 0) is 79.9 Å². The summed E-state index contributed by atoms with van der Waals surface area (Å²) < 4.78 is 63.6. The van der Waals surface area contributed by atoms with Crippen molar-refractivity contribution in [3.05, 3.63) is 154 Å². The van der Waals surface area contributed by atoms with Crippen molar-refractivity contribution in [1.29, 1.82) is 0 Å². The molecule has 0 radical (unpaired) electrons. The minimum Gasteiger partial charge on any atom is -0.459 e. The Balaban J connectivity index is 1.27. The topological polar surface area (TPSA) is 129 Å². The Morgan fingerprint density at radius 1 is 0.720 bits per heavy atom. The van der Waals surface area contributed by atoms with Crippen LogP contribution in [0.3, 0.4) is 0 Å². The lowest BCUT2D eigenvalue weighted by molar-refractivity contribution is -0.121. The third-order valence-corrected chi connectivity index (χ3v) is 12.0. The van der Waals surface area contributed by atoms with E-state index in [1.807, 2.05) is 68.4 Å². The average Bonchev–Trinajstić information content (AvgIpc) is 3.55. The molecule has 1 aromatic heterocycles. The molecule has 50 heavy (non-hydrogen) atoms. The number of halogens is 1. The SMILES string of the molecule is Cc1ccc(CN(Cc2ccc(/C=N\NC(=O)CN(CCc3ccccc3)S(=O)(=O)c3ccc(Br)cc3)o2)S(=O)(=O)c2ccc(C)cc2)cc1. The first-order chi connectivity index (χ1) is 23.9. The molecule has 1 N–H and O–H groups in total. The zero-order valence-corrected chi connectivity index (χ0v) is 30.8. The molecule has 0 fully saturated rings. The number of nitrogens with one attached hydrogen (secondary N) is 1. The van der Waals surface area contributed by atoms with Gasteiger partial charge >= 0.3 is 0 Å². The van der Waals surface area contributed by atoms with Crippen LogP contribution in [0, 0.1) is 13.8 Å². The first kappa shape index (κ1) is 36.9. The molecule has 5 rings (SSSR count). The highest BCUT2D eigenvalue weighted by Crippen LogP contribution is 2.23. The fraction of sp³-hybridized carbons (Fsp3) is 0.189. The van der Waals surface area contributed by atoms with E-state index in [1.165, 1.54) is 22.7 Å². The molecular weight excluding hydrogens is 740 g/mol. The van der Waals surface area contributed by atoms with Crippen LogP contribution in [0.2, 0.25) is 0 Å². The van der Waals surface area contributed by atoms with Gasteiger partial charge in [0.2, 0.25) is 20.0 Å². The van der Waals surface area contributed by atoms with Crippen molar-refractivity contribution < 1.29 is 26.0 Å². The van der Waals surface area contributed by atoms with Crippen LogP contribution in [-0.4, -0.2) is 50.7 Å². The van der Waals surface area contributed by atoms with Crippen LogP contribution in [0.1, 0.15) is 33.8 Å². The van der Waals surface area contributed by atoms with Crippen molar-refractivity contribution in [2.75, 3.05) is 13.1 Å². The summed E-state index contributed by atoms with van der Waals surface area (Å²) in [7, 11) is -7.89. The van der Waals surface area contributed by atoms with Gasteiger partial charge in [0.1, 0.15) is 11.5 Å². The number of nitrogens with zero attached hydrogens (tertiary/aromatic N) is 3. The fourth-order valence-electron chi connectivity index (χ4n) is 5.01. The lowest BCUT2D eigenvalue weighted by Gasteiger charge is -2.22. The molecule has 5 aromatic rings. The number of amides is 1. The van der Waals surface area contributed by atoms with Crippen LogP contribution in [0.5, 0.6) is 0 Å². The number of hydrogen-bond donors (Lipinski definition) is 1. The Bertz CT molecular complexity index is 2140. The lowest BCUT2D eigenvalue weighted by atomic mass is 10.1. The lowest BCUT2D eigenvalue weighted by Crippen LogP contribution is -2.40. The second-order valence-corrected chi connectivity index (χ2v) is 16.5. The summed E-state index contributed by atoms with van der Waals surface area (Å²) in [6.07, 6.45) is 1.68. The Morgan fingerprint density at radius 2 is 1.30 bits per heavy atom. The van der Waals surface area contributed by atoms with Crippen LogP contribution in [-0.2, 0) is 44.4 Å². The molecule has 0 saturated heterocycles. The number of sulfonamides is 2. The van der Waals surface area contributed by atoms with Crippen LogP contribution in [0.15, 0.2) is 139 Å². The molecule has 0 aliphatic rings. The molecule has 0 aliphatic heterocycles. The number of carbonyl (C=O) groups excluding carboxylic acids is 1. The van der Waals surface area contributed by atoms with Crippen LogP contribution >= 0.6 is 15.9 Å². The molecule has 0 spiro atoms. The van der Waals surface area contributed by atoms with E-state index in [0.717, 1.165) is 31.0 Å². The third kappa shape index (κ3) is 9.86. The van der Waals surface area contributed by atoms with Crippen molar-refractivity contribution in [3.63, 3.8) is 0 Å². The fourth-order valence-corrected chi connectivity index (χ4v) is 8.06. The first-order valence-corrected chi connectivity index (χ1v) is 19.4. The monoisotopic (exact) mass is 776 g/mol. The second kappa shape index (κ2) is 16.5. The Morgan fingerprint density at radius 3 is 1.94 bits per heavy atom. The summed E-state index contributed by atoms with van der Waals surface area (Å²) in [5.41, 5.74) is 6.14. The number of aryl methyl sites for hydroxylation is 2. The maximum Gasteiger partial charge on any atom is 0.255 e. The molecule has 0 saturated carbocycles. The number of hydrazone groups is 1. The normalized spacial score (nSPS) is 12.2. The maximum absolute atomic E-state index is 13.7. The number of benzene rings is 4. The highest BCUT2D eigenvalue weighted by Gasteiger charge is 2.28. The molecule has 1 heterocycles. The van der Waals surface area contributed by atoms with Crippen LogP contribution < -0.4 is 5.43 Å². The molecule has 1 amide bonds. The van der Waals surface area contributed by atoms with Gasteiger partial charge in [-0.3, -0.25) is 4.79 Å². The van der Waals surface area contributed by atoms with E-state index in [4.69, 9.17) is 4.42 Å². The van der Waals surface area contributed by atoms with E-state index >= 15 is 0 Å².